The number of fused-ring (bicyclic) bond motifs is 2. The number of guanidine groups is 1. The van der Waals surface area contributed by atoms with Crippen LogP contribution in [-0.2, 0) is 41.6 Å². The predicted octanol–water partition coefficient (Wildman–Crippen LogP) is 5.38. The van der Waals surface area contributed by atoms with E-state index in [1.165, 1.54) is 5.12 Å². The predicted molar refractivity (Wildman–Crippen MR) is 159 cm³/mol. The first-order chi connectivity index (χ1) is 22.0. The molecule has 0 aliphatic carbocycles. The number of nitrogens with zero attached hydrogens (tertiary/aromatic N) is 4. The maximum absolute atomic E-state index is 13.8. The summed E-state index contributed by atoms with van der Waals surface area (Å²) in [6, 6.07) is 5.02. The van der Waals surface area contributed by atoms with Crippen molar-refractivity contribution in [3.05, 3.63) is 63.7 Å². The molecule has 0 fully saturated rings. The van der Waals surface area contributed by atoms with Crippen molar-refractivity contribution in [2.24, 2.45) is 10.5 Å². The fourth-order valence-electron chi connectivity index (χ4n) is 6.27. The van der Waals surface area contributed by atoms with Crippen molar-refractivity contribution < 1.29 is 46.1 Å². The van der Waals surface area contributed by atoms with Gasteiger partial charge in [0.1, 0.15) is 0 Å². The highest BCUT2D eigenvalue weighted by molar-refractivity contribution is 5.81. The second-order valence-electron chi connectivity index (χ2n) is 12.9. The Morgan fingerprint density at radius 1 is 1.02 bits per heavy atom. The van der Waals surface area contributed by atoms with Crippen LogP contribution in [0.3, 0.4) is 0 Å². The lowest BCUT2D eigenvalue weighted by atomic mass is 9.85. The van der Waals surface area contributed by atoms with Crippen LogP contribution in [0.15, 0.2) is 35.4 Å². The van der Waals surface area contributed by atoms with Crippen molar-refractivity contribution in [1.82, 2.24) is 21.0 Å². The van der Waals surface area contributed by atoms with Gasteiger partial charge in [0.05, 0.1) is 50.0 Å². The Morgan fingerprint density at radius 3 is 2.30 bits per heavy atom. The van der Waals surface area contributed by atoms with Gasteiger partial charge in [0.15, 0.2) is 0 Å². The van der Waals surface area contributed by atoms with E-state index in [2.05, 4.69) is 21.0 Å². The summed E-state index contributed by atoms with van der Waals surface area (Å²) >= 11 is 0. The smallest absolute Gasteiger partial charge is 0.416 e. The first-order valence-corrected chi connectivity index (χ1v) is 15.3. The van der Waals surface area contributed by atoms with Gasteiger partial charge in [0.2, 0.25) is 5.96 Å². The number of hydrazone groups is 1. The van der Waals surface area contributed by atoms with E-state index in [-0.39, 0.29) is 43.7 Å². The van der Waals surface area contributed by atoms with Crippen LogP contribution >= 0.6 is 0 Å². The summed E-state index contributed by atoms with van der Waals surface area (Å²) in [5, 5.41) is 24.6. The third-order valence-corrected chi connectivity index (χ3v) is 8.63. The van der Waals surface area contributed by atoms with Crippen LogP contribution in [0.5, 0.6) is 0 Å². The van der Waals surface area contributed by atoms with Gasteiger partial charge < -0.3 is 24.7 Å². The number of β-amino-alcohol motifs (C(OH)–C–C–N with tert-alkyl or cyclic N) is 1. The maximum Gasteiger partial charge on any atom is 0.416 e. The van der Waals surface area contributed by atoms with Gasteiger partial charge in [-0.15, -0.1) is 10.6 Å². The number of hydrogen-bond acceptors (Lipinski definition) is 9. The molecule has 3 aliphatic heterocycles. The highest BCUT2D eigenvalue weighted by atomic mass is 19.4. The van der Waals surface area contributed by atoms with Gasteiger partial charge in [0.25, 0.3) is 0 Å². The Kier molecular flexibility index (Phi) is 9.85. The highest BCUT2D eigenvalue weighted by Gasteiger charge is 2.39. The molecule has 47 heavy (non-hydrogen) atoms. The zero-order chi connectivity index (χ0) is 34.1. The summed E-state index contributed by atoms with van der Waals surface area (Å²) in [6.45, 7) is 5.11. The monoisotopic (exact) mass is 672 g/mol. The molecule has 10 nitrogen and oxygen atoms in total. The van der Waals surface area contributed by atoms with E-state index in [4.69, 9.17) is 4.74 Å². The molecule has 0 amide bonds. The Labute approximate surface area is 267 Å². The number of hydrazine groups is 2. The summed E-state index contributed by atoms with van der Waals surface area (Å²) in [7, 11) is 0. The molecule has 0 saturated carbocycles. The van der Waals surface area contributed by atoms with E-state index in [1.807, 2.05) is 26.0 Å². The number of nitrogens with one attached hydrogen (secondary N) is 2. The van der Waals surface area contributed by atoms with E-state index >= 15 is 0 Å². The fourth-order valence-corrected chi connectivity index (χ4v) is 6.27. The zero-order valence-corrected chi connectivity index (χ0v) is 26.0. The van der Waals surface area contributed by atoms with Gasteiger partial charge >= 0.3 is 18.3 Å². The van der Waals surface area contributed by atoms with E-state index in [1.54, 1.807) is 4.90 Å². The molecule has 2 aromatic rings. The van der Waals surface area contributed by atoms with Gasteiger partial charge in [-0.2, -0.15) is 26.3 Å². The van der Waals surface area contributed by atoms with Crippen molar-refractivity contribution in [1.29, 1.82) is 0 Å². The number of aliphatic carboxylic acids is 1. The van der Waals surface area contributed by atoms with Crippen molar-refractivity contribution in [3.8, 4) is 0 Å². The minimum absolute atomic E-state index is 0.0120. The molecule has 5 rings (SSSR count). The minimum atomic E-state index is -5.01. The van der Waals surface area contributed by atoms with Crippen molar-refractivity contribution >= 4 is 17.6 Å². The molecule has 2 aromatic carbocycles. The number of carboxylic acid groups (broad SMARTS) is 1. The summed E-state index contributed by atoms with van der Waals surface area (Å²) in [5.41, 5.74) is 5.68. The van der Waals surface area contributed by atoms with Crippen molar-refractivity contribution in [3.63, 3.8) is 0 Å². The van der Waals surface area contributed by atoms with Crippen LogP contribution in [0, 0.1) is 5.41 Å². The second kappa shape index (κ2) is 13.4. The van der Waals surface area contributed by atoms with Gasteiger partial charge in [-0.1, -0.05) is 13.8 Å². The number of aliphatic hydroxyl groups excluding tert-OH is 1. The lowest BCUT2D eigenvalue weighted by Gasteiger charge is -2.35. The first-order valence-electron chi connectivity index (χ1n) is 15.3. The van der Waals surface area contributed by atoms with Crippen LogP contribution in [0.25, 0.3) is 0 Å². The molecule has 0 saturated heterocycles. The zero-order valence-electron chi connectivity index (χ0n) is 26.0. The van der Waals surface area contributed by atoms with Crippen LogP contribution in [0.2, 0.25) is 0 Å². The van der Waals surface area contributed by atoms with Gasteiger partial charge in [0, 0.05) is 25.3 Å². The number of aliphatic hydroxyl groups is 1. The average Bonchev–Trinajstić information content (AvgIpc) is 3.59. The molecule has 0 unspecified atom stereocenters. The van der Waals surface area contributed by atoms with Crippen LogP contribution in [0.4, 0.5) is 32.0 Å². The topological polar surface area (TPSA) is 113 Å². The molecule has 0 spiro atoms. The standard InChI is InChI=1S/C31H38F6N6O4/c1-29(2,15-27(45)46)5-7-41-6-3-4-25(24-12-20-17-47-18-21(20)13-26(24)41)42(28-38-40-43(39-28)8-9-44)16-19-10-22(30(32,33)34)14-23(11-19)31(35,36)37/h10-14,25,40,44H,3-9,15-18H2,1-2H3,(H,38,39)(H,45,46)/t25-/m0/s1. The molecule has 16 heteroatoms. The van der Waals surface area contributed by atoms with Crippen LogP contribution in [0.1, 0.15) is 79.0 Å². The lowest BCUT2D eigenvalue weighted by Crippen LogP contribution is -2.46. The van der Waals surface area contributed by atoms with Crippen LogP contribution < -0.4 is 15.9 Å². The molecular weight excluding hydrogens is 634 g/mol. The number of ether oxygens (including phenoxy) is 1. The summed E-state index contributed by atoms with van der Waals surface area (Å²) in [6.07, 6.45) is -8.36. The quantitative estimate of drug-likeness (QED) is 0.248. The first kappa shape index (κ1) is 34.6. The molecule has 1 atom stereocenters. The Balaban J connectivity index is 1.59. The number of hydrogen-bond donors (Lipinski definition) is 4. The number of benzene rings is 2. The van der Waals surface area contributed by atoms with E-state index in [0.29, 0.717) is 45.6 Å². The maximum atomic E-state index is 13.8. The number of halogens is 6. The molecule has 3 aliphatic rings. The summed E-state index contributed by atoms with van der Waals surface area (Å²) in [4.78, 5) is 15.3. The van der Waals surface area contributed by atoms with Gasteiger partial charge in [-0.25, -0.2) is 5.12 Å². The molecule has 0 bridgehead atoms. The fraction of sp³-hybridized carbons (Fsp3) is 0.548. The summed E-state index contributed by atoms with van der Waals surface area (Å²) < 4.78 is 88.5. The van der Waals surface area contributed by atoms with E-state index in [0.717, 1.165) is 34.5 Å². The average molecular weight is 673 g/mol. The third kappa shape index (κ3) is 8.22. The minimum Gasteiger partial charge on any atom is -0.481 e. The SMILES string of the molecule is CC(C)(CCN1CCC[C@H](N(Cc2cc(C(F)(F)F)cc(C(F)(F)F)c2)C2=NN(CCO)NN2)c2cc3c(cc21)COC3)CC(=O)O. The Hall–Kier alpha value is -3.76. The molecule has 258 valence electrons. The normalized spacial score (nSPS) is 18.4. The number of carbonyl (C=O) groups is 1. The van der Waals surface area contributed by atoms with Crippen molar-refractivity contribution in [2.75, 3.05) is 31.1 Å². The Bertz CT molecular complexity index is 1470. The number of anilines is 1. The molecule has 0 aromatic heterocycles. The van der Waals surface area contributed by atoms with Crippen LogP contribution in [-0.4, -0.2) is 58.4 Å². The van der Waals surface area contributed by atoms with Gasteiger partial charge in [-0.3, -0.25) is 10.2 Å². The number of carboxylic acids is 1. The highest BCUT2D eigenvalue weighted by Crippen LogP contribution is 2.43. The molecule has 3 heterocycles. The van der Waals surface area contributed by atoms with Gasteiger partial charge in [-0.05, 0) is 77.3 Å². The number of alkyl halides is 6. The molecule has 4 N–H and O–H groups in total. The number of rotatable bonds is 10. The Morgan fingerprint density at radius 2 is 1.68 bits per heavy atom. The largest absolute Gasteiger partial charge is 0.481 e. The summed E-state index contributed by atoms with van der Waals surface area (Å²) in [5.74, 6) is -0.734. The second-order valence-corrected chi connectivity index (χ2v) is 12.9. The molecular formula is C31H38F6N6O4. The third-order valence-electron chi connectivity index (χ3n) is 8.63. The van der Waals surface area contributed by atoms with E-state index < -0.39 is 40.9 Å². The van der Waals surface area contributed by atoms with Crippen molar-refractivity contribution in [2.45, 2.75) is 77.7 Å². The van der Waals surface area contributed by atoms with E-state index in [9.17, 15) is 41.4 Å². The molecule has 0 radical (unpaired) electrons. The lowest BCUT2D eigenvalue weighted by molar-refractivity contribution is -0.143.